The minimum absolute atomic E-state index is 0.00231. The van der Waals surface area contributed by atoms with Gasteiger partial charge in [-0.2, -0.15) is 15.0 Å². The molecule has 0 aliphatic heterocycles. The number of rotatable bonds is 18. The predicted octanol–water partition coefficient (Wildman–Crippen LogP) is 8.76. The maximum atomic E-state index is 12.5. The lowest BCUT2D eigenvalue weighted by atomic mass is 10.0. The minimum atomic E-state index is -0.340. The molecule has 0 spiro atoms. The summed E-state index contributed by atoms with van der Waals surface area (Å²) in [5, 5.41) is 6.17. The summed E-state index contributed by atoms with van der Waals surface area (Å²) < 4.78 is 11.1. The average molecular weight is 610 g/mol. The summed E-state index contributed by atoms with van der Waals surface area (Å²) in [4.78, 5) is 37.7. The van der Waals surface area contributed by atoms with E-state index in [0.29, 0.717) is 47.6 Å². The van der Waals surface area contributed by atoms with E-state index in [9.17, 15) is 9.59 Å². The third-order valence-electron chi connectivity index (χ3n) is 7.35. The topological polar surface area (TPSA) is 115 Å². The van der Waals surface area contributed by atoms with Crippen LogP contribution in [0.3, 0.4) is 0 Å². The summed E-state index contributed by atoms with van der Waals surface area (Å²) in [7, 11) is 0. The van der Waals surface area contributed by atoms with Gasteiger partial charge in [0.1, 0.15) is 0 Å². The van der Waals surface area contributed by atoms with E-state index in [1.165, 1.54) is 0 Å². The molecule has 0 radical (unpaired) electrons. The van der Waals surface area contributed by atoms with E-state index in [4.69, 9.17) is 21.1 Å². The zero-order chi connectivity index (χ0) is 31.0. The largest absolute Gasteiger partial charge is 0.462 e. The molecule has 0 saturated carbocycles. The van der Waals surface area contributed by atoms with E-state index in [0.717, 1.165) is 51.4 Å². The highest BCUT2D eigenvalue weighted by atomic mass is 35.5. The summed E-state index contributed by atoms with van der Waals surface area (Å²) in [5.74, 6) is 0.547. The molecule has 0 aliphatic carbocycles. The van der Waals surface area contributed by atoms with Crippen molar-refractivity contribution in [2.24, 2.45) is 11.8 Å². The van der Waals surface area contributed by atoms with E-state index in [2.05, 4.69) is 53.3 Å². The van der Waals surface area contributed by atoms with Crippen LogP contribution in [0.4, 0.5) is 23.3 Å². The lowest BCUT2D eigenvalue weighted by Gasteiger charge is -2.15. The SMILES string of the molecule is CCCCC(CC)COC(=O)c1ccc(Nc2nc(Cl)nc(Nc3ccc(C(=O)OCC(CC)CCCC)cc3)n2)cc1. The Bertz CT molecular complexity index is 1190. The van der Waals surface area contributed by atoms with Gasteiger partial charge in [-0.1, -0.05) is 66.2 Å². The van der Waals surface area contributed by atoms with Gasteiger partial charge < -0.3 is 20.1 Å². The van der Waals surface area contributed by atoms with Gasteiger partial charge in [0.25, 0.3) is 0 Å². The first-order valence-electron chi connectivity index (χ1n) is 15.3. The van der Waals surface area contributed by atoms with Crippen LogP contribution in [0.5, 0.6) is 0 Å². The molecule has 0 bridgehead atoms. The molecule has 1 heterocycles. The smallest absolute Gasteiger partial charge is 0.338 e. The number of anilines is 4. The molecular weight excluding hydrogens is 566 g/mol. The summed E-state index contributed by atoms with van der Waals surface area (Å²) >= 11 is 6.16. The lowest BCUT2D eigenvalue weighted by molar-refractivity contribution is 0.0419. The Hall–Kier alpha value is -3.72. The lowest BCUT2D eigenvalue weighted by Crippen LogP contribution is -2.14. The fourth-order valence-electron chi connectivity index (χ4n) is 4.45. The molecule has 3 rings (SSSR count). The third kappa shape index (κ3) is 11.5. The van der Waals surface area contributed by atoms with E-state index in [1.54, 1.807) is 48.5 Å². The molecule has 0 saturated heterocycles. The molecule has 232 valence electrons. The number of halogens is 1. The van der Waals surface area contributed by atoms with Crippen LogP contribution in [0.15, 0.2) is 48.5 Å². The van der Waals surface area contributed by atoms with Gasteiger partial charge >= 0.3 is 11.9 Å². The van der Waals surface area contributed by atoms with Crippen molar-refractivity contribution >= 4 is 46.8 Å². The number of nitrogens with zero attached hydrogens (tertiary/aromatic N) is 3. The monoisotopic (exact) mass is 609 g/mol. The maximum absolute atomic E-state index is 12.5. The summed E-state index contributed by atoms with van der Waals surface area (Å²) in [6.45, 7) is 9.42. The zero-order valence-corrected chi connectivity index (χ0v) is 26.5. The first-order chi connectivity index (χ1) is 20.8. The van der Waals surface area contributed by atoms with Gasteiger partial charge in [0.2, 0.25) is 17.2 Å². The van der Waals surface area contributed by atoms with Crippen LogP contribution in [-0.4, -0.2) is 40.1 Å². The second-order valence-electron chi connectivity index (χ2n) is 10.7. The van der Waals surface area contributed by atoms with Crippen molar-refractivity contribution < 1.29 is 19.1 Å². The number of carbonyl (C=O) groups is 2. The van der Waals surface area contributed by atoms with Gasteiger partial charge in [0.15, 0.2) is 0 Å². The molecule has 0 fully saturated rings. The van der Waals surface area contributed by atoms with Gasteiger partial charge in [-0.3, -0.25) is 0 Å². The van der Waals surface area contributed by atoms with E-state index >= 15 is 0 Å². The fourth-order valence-corrected chi connectivity index (χ4v) is 4.61. The van der Waals surface area contributed by atoms with Crippen molar-refractivity contribution in [3.05, 3.63) is 64.9 Å². The van der Waals surface area contributed by atoms with Gasteiger partial charge in [-0.15, -0.1) is 0 Å². The molecule has 0 amide bonds. The number of esters is 2. The van der Waals surface area contributed by atoms with Crippen molar-refractivity contribution in [2.75, 3.05) is 23.8 Å². The fraction of sp³-hybridized carbons (Fsp3) is 0.485. The van der Waals surface area contributed by atoms with Crippen molar-refractivity contribution in [2.45, 2.75) is 79.1 Å². The van der Waals surface area contributed by atoms with E-state index in [-0.39, 0.29) is 29.1 Å². The van der Waals surface area contributed by atoms with Crippen LogP contribution in [0.1, 0.15) is 99.8 Å². The Morgan fingerprint density at radius 3 is 1.42 bits per heavy atom. The highest BCUT2D eigenvalue weighted by Gasteiger charge is 2.14. The maximum Gasteiger partial charge on any atom is 0.338 e. The number of hydrogen-bond donors (Lipinski definition) is 2. The molecule has 43 heavy (non-hydrogen) atoms. The quantitative estimate of drug-likeness (QED) is 0.136. The normalized spacial score (nSPS) is 12.3. The molecule has 0 aliphatic rings. The Labute approximate surface area is 260 Å². The Morgan fingerprint density at radius 2 is 1.07 bits per heavy atom. The van der Waals surface area contributed by atoms with Crippen LogP contribution in [0.2, 0.25) is 5.28 Å². The third-order valence-corrected chi connectivity index (χ3v) is 7.52. The summed E-state index contributed by atoms with van der Waals surface area (Å²) in [5.41, 5.74) is 2.28. The first kappa shape index (κ1) is 33.8. The Balaban J connectivity index is 1.55. The van der Waals surface area contributed by atoms with Crippen LogP contribution >= 0.6 is 11.6 Å². The molecule has 10 heteroatoms. The molecular formula is C33H44ClN5O4. The molecule has 2 atom stereocenters. The first-order valence-corrected chi connectivity index (χ1v) is 15.7. The van der Waals surface area contributed by atoms with E-state index < -0.39 is 0 Å². The molecule has 3 aromatic rings. The average Bonchev–Trinajstić information content (AvgIpc) is 3.01. The number of ether oxygens (including phenoxy) is 2. The highest BCUT2D eigenvalue weighted by Crippen LogP contribution is 2.21. The van der Waals surface area contributed by atoms with Gasteiger partial charge in [0.05, 0.1) is 24.3 Å². The van der Waals surface area contributed by atoms with Crippen molar-refractivity contribution in [3.63, 3.8) is 0 Å². The van der Waals surface area contributed by atoms with Gasteiger partial charge in [-0.05, 0) is 84.8 Å². The van der Waals surface area contributed by atoms with Crippen LogP contribution in [0.25, 0.3) is 0 Å². The second kappa shape index (κ2) is 18.1. The number of carbonyl (C=O) groups excluding carboxylic acids is 2. The second-order valence-corrected chi connectivity index (χ2v) is 11.0. The van der Waals surface area contributed by atoms with Gasteiger partial charge in [-0.25, -0.2) is 9.59 Å². The summed E-state index contributed by atoms with van der Waals surface area (Å²) in [6.07, 6.45) is 8.63. The number of aromatic nitrogens is 3. The van der Waals surface area contributed by atoms with Gasteiger partial charge in [0, 0.05) is 11.4 Å². The molecule has 1 aromatic heterocycles. The molecule has 2 aromatic carbocycles. The minimum Gasteiger partial charge on any atom is -0.462 e. The van der Waals surface area contributed by atoms with Crippen LogP contribution in [-0.2, 0) is 9.47 Å². The molecule has 2 N–H and O–H groups in total. The predicted molar refractivity (Wildman–Crippen MR) is 171 cm³/mol. The zero-order valence-electron chi connectivity index (χ0n) is 25.7. The highest BCUT2D eigenvalue weighted by molar-refractivity contribution is 6.28. The Morgan fingerprint density at radius 1 is 0.674 bits per heavy atom. The van der Waals surface area contributed by atoms with Crippen molar-refractivity contribution in [3.8, 4) is 0 Å². The molecule has 2 unspecified atom stereocenters. The number of benzene rings is 2. The number of hydrogen-bond acceptors (Lipinski definition) is 9. The number of unbranched alkanes of at least 4 members (excludes halogenated alkanes) is 2. The van der Waals surface area contributed by atoms with Crippen LogP contribution < -0.4 is 10.6 Å². The van der Waals surface area contributed by atoms with Crippen molar-refractivity contribution in [1.82, 2.24) is 15.0 Å². The number of nitrogens with one attached hydrogen (secondary N) is 2. The Kier molecular flexibility index (Phi) is 14.2. The van der Waals surface area contributed by atoms with E-state index in [1.807, 2.05) is 0 Å². The standard InChI is InChI=1S/C33H44ClN5O4/c1-5-9-11-23(7-3)21-42-29(40)25-13-17-27(18-14-25)35-32-37-31(34)38-33(39-32)36-28-19-15-26(16-20-28)30(41)43-22-24(8-4)12-10-6-2/h13-20,23-24H,5-12,21-22H2,1-4H3,(H2,35,36,37,38,39). The summed E-state index contributed by atoms with van der Waals surface area (Å²) in [6, 6.07) is 13.8. The molecule has 9 nitrogen and oxygen atoms in total. The van der Waals surface area contributed by atoms with Crippen LogP contribution in [0, 0.1) is 11.8 Å². The van der Waals surface area contributed by atoms with Crippen molar-refractivity contribution in [1.29, 1.82) is 0 Å².